The van der Waals surface area contributed by atoms with E-state index in [0.717, 1.165) is 18.5 Å². The van der Waals surface area contributed by atoms with Gasteiger partial charge in [0.2, 0.25) is 0 Å². The Balaban J connectivity index is 0.00000121. The van der Waals surface area contributed by atoms with Crippen LogP contribution in [0.3, 0.4) is 0 Å². The quantitative estimate of drug-likeness (QED) is 0.895. The molecule has 2 aliphatic rings. The minimum absolute atomic E-state index is 0. The minimum Gasteiger partial charge on any atom is -0.326 e. The van der Waals surface area contributed by atoms with Crippen LogP contribution < -0.4 is 5.73 Å². The lowest BCUT2D eigenvalue weighted by Crippen LogP contribution is -2.37. The van der Waals surface area contributed by atoms with Crippen LogP contribution in [0, 0.1) is 11.3 Å². The Morgan fingerprint density at radius 2 is 1.73 bits per heavy atom. The highest BCUT2D eigenvalue weighted by molar-refractivity contribution is 5.85. The maximum absolute atomic E-state index is 9.23. The van der Waals surface area contributed by atoms with E-state index in [0.29, 0.717) is 18.0 Å². The highest BCUT2D eigenvalue weighted by atomic mass is 35.5. The Hall–Kier alpha value is -0.790. The summed E-state index contributed by atoms with van der Waals surface area (Å²) in [5.74, 6) is 0.568. The summed E-state index contributed by atoms with van der Waals surface area (Å²) in [6.45, 7) is 2.25. The number of benzene rings is 1. The molecule has 1 saturated carbocycles. The number of nitrogens with zero attached hydrogens (tertiary/aromatic N) is 2. The summed E-state index contributed by atoms with van der Waals surface area (Å²) in [6, 6.07) is 11.5. The fraction of sp³-hybridized carbons (Fsp3) is 0.588. The van der Waals surface area contributed by atoms with Crippen molar-refractivity contribution in [2.75, 3.05) is 13.1 Å². The second-order valence-corrected chi connectivity index (χ2v) is 6.25. The van der Waals surface area contributed by atoms with Gasteiger partial charge in [0, 0.05) is 25.2 Å². The van der Waals surface area contributed by atoms with Crippen molar-refractivity contribution in [2.24, 2.45) is 5.73 Å². The molecule has 2 fully saturated rings. The molecule has 1 heterocycles. The fourth-order valence-electron chi connectivity index (χ4n) is 3.85. The molecule has 5 heteroatoms. The molecule has 0 amide bonds. The molecule has 3 nitrogen and oxygen atoms in total. The van der Waals surface area contributed by atoms with Crippen molar-refractivity contribution < 1.29 is 0 Å². The van der Waals surface area contributed by atoms with Crippen molar-refractivity contribution in [1.29, 1.82) is 5.26 Å². The van der Waals surface area contributed by atoms with E-state index in [1.807, 2.05) is 12.1 Å². The van der Waals surface area contributed by atoms with Gasteiger partial charge in [-0.2, -0.15) is 5.26 Å². The Labute approximate surface area is 145 Å². The van der Waals surface area contributed by atoms with Crippen LogP contribution in [-0.4, -0.2) is 30.1 Å². The third-order valence-corrected chi connectivity index (χ3v) is 4.99. The number of halogens is 2. The van der Waals surface area contributed by atoms with Gasteiger partial charge < -0.3 is 5.73 Å². The first-order chi connectivity index (χ1) is 9.78. The average Bonchev–Trinajstić information content (AvgIpc) is 2.94. The van der Waals surface area contributed by atoms with Gasteiger partial charge >= 0.3 is 0 Å². The minimum atomic E-state index is 0. The van der Waals surface area contributed by atoms with Crippen LogP contribution in [0.1, 0.15) is 49.1 Å². The van der Waals surface area contributed by atoms with Crippen molar-refractivity contribution in [2.45, 2.75) is 50.1 Å². The molecule has 0 bridgehead atoms. The van der Waals surface area contributed by atoms with E-state index in [2.05, 4.69) is 23.1 Å². The highest BCUT2D eigenvalue weighted by Crippen LogP contribution is 2.36. The van der Waals surface area contributed by atoms with Gasteiger partial charge in [-0.15, -0.1) is 24.8 Å². The molecule has 1 aliphatic carbocycles. The summed E-state index contributed by atoms with van der Waals surface area (Å²) < 4.78 is 0. The van der Waals surface area contributed by atoms with Crippen LogP contribution in [-0.2, 0) is 0 Å². The summed E-state index contributed by atoms with van der Waals surface area (Å²) in [4.78, 5) is 2.58. The number of nitrogens with two attached hydrogens (primary N) is 1. The SMILES string of the molecule is Cl.Cl.N#Cc1ccccc1C1CCC(N2CC[C@@H](N)C2)CC1. The van der Waals surface area contributed by atoms with E-state index in [1.165, 1.54) is 37.8 Å². The molecular formula is C17H25Cl2N3. The van der Waals surface area contributed by atoms with Gasteiger partial charge in [-0.25, -0.2) is 0 Å². The summed E-state index contributed by atoms with van der Waals surface area (Å²) in [7, 11) is 0. The van der Waals surface area contributed by atoms with Gasteiger partial charge in [0.05, 0.1) is 11.6 Å². The molecule has 3 rings (SSSR count). The predicted octanol–water partition coefficient (Wildman–Crippen LogP) is 3.46. The van der Waals surface area contributed by atoms with Crippen LogP contribution in [0.15, 0.2) is 24.3 Å². The van der Waals surface area contributed by atoms with E-state index in [1.54, 1.807) is 0 Å². The van der Waals surface area contributed by atoms with Crippen LogP contribution in [0.4, 0.5) is 0 Å². The number of likely N-dealkylation sites (tertiary alicyclic amines) is 1. The van der Waals surface area contributed by atoms with Gasteiger partial charge in [-0.05, 0) is 49.7 Å². The molecule has 22 heavy (non-hydrogen) atoms. The zero-order valence-electron chi connectivity index (χ0n) is 12.8. The number of hydrogen-bond acceptors (Lipinski definition) is 3. The standard InChI is InChI=1S/C17H23N3.2ClH/c18-11-14-3-1-2-4-17(14)13-5-7-16(8-6-13)20-10-9-15(19)12-20;;/h1-4,13,15-16H,5-10,12,19H2;2*1H/t13?,15-,16?;;/m1../s1. The zero-order valence-corrected chi connectivity index (χ0v) is 14.4. The second kappa shape index (κ2) is 8.74. The Morgan fingerprint density at radius 3 is 2.32 bits per heavy atom. The molecule has 122 valence electrons. The molecule has 1 aromatic rings. The second-order valence-electron chi connectivity index (χ2n) is 6.25. The first-order valence-electron chi connectivity index (χ1n) is 7.76. The third kappa shape index (κ3) is 4.14. The van der Waals surface area contributed by atoms with Gasteiger partial charge in [0.1, 0.15) is 0 Å². The molecule has 2 N–H and O–H groups in total. The third-order valence-electron chi connectivity index (χ3n) is 4.99. The van der Waals surface area contributed by atoms with Crippen molar-refractivity contribution in [3.8, 4) is 6.07 Å². The maximum atomic E-state index is 9.23. The van der Waals surface area contributed by atoms with Crippen LogP contribution in [0.2, 0.25) is 0 Å². The largest absolute Gasteiger partial charge is 0.326 e. The number of hydrogen-bond donors (Lipinski definition) is 1. The molecule has 1 saturated heterocycles. The van der Waals surface area contributed by atoms with Gasteiger partial charge in [0.15, 0.2) is 0 Å². The van der Waals surface area contributed by atoms with Gasteiger partial charge in [0.25, 0.3) is 0 Å². The van der Waals surface area contributed by atoms with Crippen molar-refractivity contribution in [3.63, 3.8) is 0 Å². The van der Waals surface area contributed by atoms with Crippen molar-refractivity contribution >= 4 is 24.8 Å². The Kier molecular flexibility index (Phi) is 7.65. The van der Waals surface area contributed by atoms with E-state index in [-0.39, 0.29) is 24.8 Å². The van der Waals surface area contributed by atoms with E-state index >= 15 is 0 Å². The molecule has 0 aromatic heterocycles. The van der Waals surface area contributed by atoms with Gasteiger partial charge in [-0.3, -0.25) is 4.90 Å². The van der Waals surface area contributed by atoms with Gasteiger partial charge in [-0.1, -0.05) is 18.2 Å². The molecule has 0 unspecified atom stereocenters. The summed E-state index contributed by atoms with van der Waals surface area (Å²) >= 11 is 0. The summed E-state index contributed by atoms with van der Waals surface area (Å²) in [5, 5.41) is 9.23. The normalized spacial score (nSPS) is 28.3. The maximum Gasteiger partial charge on any atom is 0.0994 e. The van der Waals surface area contributed by atoms with E-state index in [9.17, 15) is 5.26 Å². The number of rotatable bonds is 2. The first kappa shape index (κ1) is 19.3. The average molecular weight is 342 g/mol. The molecule has 0 spiro atoms. The molecule has 1 atom stereocenters. The van der Waals surface area contributed by atoms with Crippen LogP contribution in [0.5, 0.6) is 0 Å². The smallest absolute Gasteiger partial charge is 0.0994 e. The highest BCUT2D eigenvalue weighted by Gasteiger charge is 2.30. The fourth-order valence-corrected chi connectivity index (χ4v) is 3.85. The van der Waals surface area contributed by atoms with Crippen LogP contribution in [0.25, 0.3) is 0 Å². The van der Waals surface area contributed by atoms with E-state index < -0.39 is 0 Å². The van der Waals surface area contributed by atoms with E-state index in [4.69, 9.17) is 5.73 Å². The summed E-state index contributed by atoms with van der Waals surface area (Å²) in [5.41, 5.74) is 8.13. The lowest BCUT2D eigenvalue weighted by molar-refractivity contribution is 0.180. The monoisotopic (exact) mass is 341 g/mol. The van der Waals surface area contributed by atoms with Crippen LogP contribution >= 0.6 is 24.8 Å². The lowest BCUT2D eigenvalue weighted by atomic mass is 9.80. The molecule has 1 aliphatic heterocycles. The Morgan fingerprint density at radius 1 is 1.05 bits per heavy atom. The Bertz CT molecular complexity index is 507. The first-order valence-corrected chi connectivity index (χ1v) is 7.76. The molecular weight excluding hydrogens is 317 g/mol. The van der Waals surface area contributed by atoms with Crippen molar-refractivity contribution in [1.82, 2.24) is 4.90 Å². The topological polar surface area (TPSA) is 53.0 Å². The lowest BCUT2D eigenvalue weighted by Gasteiger charge is -2.35. The van der Waals surface area contributed by atoms with Crippen molar-refractivity contribution in [3.05, 3.63) is 35.4 Å². The zero-order chi connectivity index (χ0) is 13.9. The number of nitriles is 1. The molecule has 0 radical (unpaired) electrons. The predicted molar refractivity (Wildman–Crippen MR) is 94.8 cm³/mol. The summed E-state index contributed by atoms with van der Waals surface area (Å²) in [6.07, 6.45) is 6.05. The molecule has 1 aromatic carbocycles.